The maximum atomic E-state index is 12.6. The summed E-state index contributed by atoms with van der Waals surface area (Å²) >= 11 is 1.27. The molecular weight excluding hydrogens is 414 g/mol. The third-order valence-corrected chi connectivity index (χ3v) is 7.23. The van der Waals surface area contributed by atoms with Gasteiger partial charge in [0.2, 0.25) is 10.0 Å². The number of hydrogen-bond donors (Lipinski definition) is 0. The molecule has 3 rings (SSSR count). The number of aromatic nitrogens is 1. The predicted octanol–water partition coefficient (Wildman–Crippen LogP) is 2.02. The number of thiazole rings is 1. The van der Waals surface area contributed by atoms with Gasteiger partial charge in [0.25, 0.3) is 5.91 Å². The maximum absolute atomic E-state index is 12.6. The van der Waals surface area contributed by atoms with Crippen molar-refractivity contribution in [1.82, 2.24) is 8.87 Å². The van der Waals surface area contributed by atoms with Crippen LogP contribution < -0.4 is 4.80 Å². The maximum Gasteiger partial charge on any atom is 0.337 e. The third kappa shape index (κ3) is 4.00. The topological polar surface area (TPSA) is 98.0 Å². The Bertz CT molecular complexity index is 1270. The van der Waals surface area contributed by atoms with Crippen molar-refractivity contribution in [2.24, 2.45) is 12.0 Å². The van der Waals surface area contributed by atoms with E-state index in [4.69, 9.17) is 4.74 Å². The van der Waals surface area contributed by atoms with Crippen molar-refractivity contribution in [3.8, 4) is 0 Å². The molecule has 2 aromatic carbocycles. The van der Waals surface area contributed by atoms with Crippen LogP contribution in [0.2, 0.25) is 0 Å². The van der Waals surface area contributed by atoms with Gasteiger partial charge in [0, 0.05) is 26.7 Å². The number of carbonyl (C=O) groups is 2. The van der Waals surface area contributed by atoms with Crippen LogP contribution in [0, 0.1) is 0 Å². The Morgan fingerprint density at radius 2 is 1.69 bits per heavy atom. The van der Waals surface area contributed by atoms with E-state index >= 15 is 0 Å². The lowest BCUT2D eigenvalue weighted by atomic mass is 10.2. The van der Waals surface area contributed by atoms with Crippen LogP contribution in [0.1, 0.15) is 20.7 Å². The molecule has 0 unspecified atom stereocenters. The molecule has 0 radical (unpaired) electrons. The molecule has 0 saturated carbocycles. The minimum atomic E-state index is -3.56. The second-order valence-electron chi connectivity index (χ2n) is 6.35. The number of rotatable bonds is 4. The van der Waals surface area contributed by atoms with Gasteiger partial charge in [0.1, 0.15) is 0 Å². The average Bonchev–Trinajstić information content (AvgIpc) is 3.02. The molecule has 0 fully saturated rings. The zero-order valence-corrected chi connectivity index (χ0v) is 17.9. The number of amides is 1. The number of sulfonamides is 1. The third-order valence-electron chi connectivity index (χ3n) is 4.31. The van der Waals surface area contributed by atoms with Crippen molar-refractivity contribution in [3.05, 3.63) is 58.4 Å². The fraction of sp³-hybridized carbons (Fsp3) is 0.211. The first-order valence-corrected chi connectivity index (χ1v) is 10.7. The highest BCUT2D eigenvalue weighted by Gasteiger charge is 2.17. The summed E-state index contributed by atoms with van der Waals surface area (Å²) in [6, 6.07) is 10.7. The van der Waals surface area contributed by atoms with E-state index in [1.807, 2.05) is 0 Å². The summed E-state index contributed by atoms with van der Waals surface area (Å²) in [6.07, 6.45) is 0. The van der Waals surface area contributed by atoms with Crippen LogP contribution in [0.4, 0.5) is 0 Å². The van der Waals surface area contributed by atoms with E-state index in [1.54, 1.807) is 29.8 Å². The molecule has 0 aliphatic rings. The van der Waals surface area contributed by atoms with E-state index in [-0.39, 0.29) is 10.5 Å². The first-order valence-electron chi connectivity index (χ1n) is 8.44. The van der Waals surface area contributed by atoms with Gasteiger partial charge in [-0.15, -0.1) is 0 Å². The Balaban J connectivity index is 1.97. The molecule has 0 aliphatic carbocycles. The largest absolute Gasteiger partial charge is 0.465 e. The predicted molar refractivity (Wildman–Crippen MR) is 109 cm³/mol. The van der Waals surface area contributed by atoms with Gasteiger partial charge < -0.3 is 9.30 Å². The van der Waals surface area contributed by atoms with Crippen molar-refractivity contribution < 1.29 is 22.7 Å². The quantitative estimate of drug-likeness (QED) is 0.586. The highest BCUT2D eigenvalue weighted by molar-refractivity contribution is 7.89. The molecule has 0 atom stereocenters. The minimum absolute atomic E-state index is 0.0989. The molecule has 0 spiro atoms. The van der Waals surface area contributed by atoms with Crippen LogP contribution >= 0.6 is 11.3 Å². The fourth-order valence-electron chi connectivity index (χ4n) is 2.62. The van der Waals surface area contributed by atoms with Crippen LogP contribution in [0.3, 0.4) is 0 Å². The highest BCUT2D eigenvalue weighted by Crippen LogP contribution is 2.19. The summed E-state index contributed by atoms with van der Waals surface area (Å²) in [5.41, 5.74) is 1.51. The van der Waals surface area contributed by atoms with Crippen molar-refractivity contribution in [2.75, 3.05) is 21.2 Å². The van der Waals surface area contributed by atoms with E-state index in [9.17, 15) is 18.0 Å². The Kier molecular flexibility index (Phi) is 5.69. The number of carbonyl (C=O) groups excluding carboxylic acids is 2. The van der Waals surface area contributed by atoms with Gasteiger partial charge in [-0.05, 0) is 42.5 Å². The molecule has 3 aromatic rings. The second-order valence-corrected chi connectivity index (χ2v) is 9.51. The normalized spacial score (nSPS) is 12.5. The molecule has 29 heavy (non-hydrogen) atoms. The van der Waals surface area contributed by atoms with Crippen LogP contribution in [0.5, 0.6) is 0 Å². The summed E-state index contributed by atoms with van der Waals surface area (Å²) < 4.78 is 32.6. The number of aryl methyl sites for hydroxylation is 1. The summed E-state index contributed by atoms with van der Waals surface area (Å²) in [6.45, 7) is 0. The van der Waals surface area contributed by atoms with E-state index < -0.39 is 21.9 Å². The van der Waals surface area contributed by atoms with Gasteiger partial charge in [-0.1, -0.05) is 11.3 Å². The molecule has 10 heteroatoms. The molecule has 0 saturated heterocycles. The van der Waals surface area contributed by atoms with Gasteiger partial charge in [-0.3, -0.25) is 4.79 Å². The molecule has 0 N–H and O–H groups in total. The Hall–Kier alpha value is -2.82. The lowest BCUT2D eigenvalue weighted by molar-refractivity contribution is 0.0600. The number of esters is 1. The monoisotopic (exact) mass is 433 g/mol. The molecule has 1 heterocycles. The number of ether oxygens (including phenoxy) is 1. The first kappa shape index (κ1) is 20.9. The summed E-state index contributed by atoms with van der Waals surface area (Å²) in [5.74, 6) is -0.931. The van der Waals surface area contributed by atoms with Crippen LogP contribution in [0.25, 0.3) is 10.2 Å². The number of nitrogens with zero attached hydrogens (tertiary/aromatic N) is 3. The number of fused-ring (bicyclic) bond motifs is 1. The van der Waals surface area contributed by atoms with Gasteiger partial charge in [-0.2, -0.15) is 4.99 Å². The van der Waals surface area contributed by atoms with E-state index in [1.165, 1.54) is 56.8 Å². The lowest BCUT2D eigenvalue weighted by Gasteiger charge is -2.11. The average molecular weight is 434 g/mol. The van der Waals surface area contributed by atoms with Gasteiger partial charge in [0.15, 0.2) is 4.80 Å². The molecule has 1 amide bonds. The van der Waals surface area contributed by atoms with Crippen LogP contribution in [-0.2, 0) is 21.8 Å². The molecular formula is C19H19N3O5S2. The van der Waals surface area contributed by atoms with Gasteiger partial charge in [-0.25, -0.2) is 17.5 Å². The smallest absolute Gasteiger partial charge is 0.337 e. The number of benzene rings is 2. The van der Waals surface area contributed by atoms with Crippen molar-refractivity contribution in [3.63, 3.8) is 0 Å². The highest BCUT2D eigenvalue weighted by atomic mass is 32.2. The molecule has 0 bridgehead atoms. The zero-order chi connectivity index (χ0) is 21.3. The van der Waals surface area contributed by atoms with Gasteiger partial charge >= 0.3 is 5.97 Å². The van der Waals surface area contributed by atoms with E-state index in [0.29, 0.717) is 10.4 Å². The summed E-state index contributed by atoms with van der Waals surface area (Å²) in [4.78, 5) is 29.0. The Labute approximate surface area is 171 Å². The van der Waals surface area contributed by atoms with E-state index in [2.05, 4.69) is 4.99 Å². The van der Waals surface area contributed by atoms with Crippen molar-refractivity contribution in [1.29, 1.82) is 0 Å². The second kappa shape index (κ2) is 7.90. The van der Waals surface area contributed by atoms with E-state index in [0.717, 1.165) is 14.5 Å². The first-order chi connectivity index (χ1) is 13.6. The Morgan fingerprint density at radius 1 is 1.07 bits per heavy atom. The minimum Gasteiger partial charge on any atom is -0.465 e. The van der Waals surface area contributed by atoms with Crippen LogP contribution in [0.15, 0.2) is 52.4 Å². The van der Waals surface area contributed by atoms with Crippen molar-refractivity contribution in [2.45, 2.75) is 4.90 Å². The molecule has 1 aromatic heterocycles. The number of methoxy groups -OCH3 is 1. The van der Waals surface area contributed by atoms with Crippen LogP contribution in [-0.4, -0.2) is 50.4 Å². The van der Waals surface area contributed by atoms with Crippen molar-refractivity contribution >= 4 is 43.5 Å². The van der Waals surface area contributed by atoms with Gasteiger partial charge in [0.05, 0.1) is 27.8 Å². The SMILES string of the molecule is COC(=O)c1ccc2c(c1)sc(=NC(=O)c1ccc(S(=O)(=O)N(C)C)cc1)n2C. The lowest BCUT2D eigenvalue weighted by Crippen LogP contribution is -2.22. The summed E-state index contributed by atoms with van der Waals surface area (Å²) in [5, 5.41) is 0. The zero-order valence-electron chi connectivity index (χ0n) is 16.2. The molecule has 0 aliphatic heterocycles. The standard InChI is InChI=1S/C19H19N3O5S2/c1-21(2)29(25,26)14-8-5-12(6-9-14)17(23)20-19-22(3)15-10-7-13(18(24)27-4)11-16(15)28-19/h5-11H,1-4H3. The Morgan fingerprint density at radius 3 is 2.28 bits per heavy atom. The molecule has 8 nitrogen and oxygen atoms in total. The number of hydrogen-bond acceptors (Lipinski definition) is 6. The summed E-state index contributed by atoms with van der Waals surface area (Å²) in [7, 11) is 2.41. The fourth-order valence-corrected chi connectivity index (χ4v) is 4.57. The molecule has 152 valence electrons.